The zero-order valence-electron chi connectivity index (χ0n) is 18.6. The van der Waals surface area contributed by atoms with Gasteiger partial charge in [-0.05, 0) is 42.0 Å². The number of benzene rings is 2. The molecule has 2 aromatic carbocycles. The molecule has 0 unspecified atom stereocenters. The largest absolute Gasteiger partial charge is 0.481 e. The predicted octanol–water partition coefficient (Wildman–Crippen LogP) is 3.79. The molecule has 7 nitrogen and oxygen atoms in total. The smallest absolute Gasteiger partial charge is 0.407 e. The number of ether oxygens (including phenoxy) is 1. The Balaban J connectivity index is 1.25. The lowest BCUT2D eigenvalue weighted by Crippen LogP contribution is -2.45. The molecule has 172 valence electrons. The van der Waals surface area contributed by atoms with Crippen molar-refractivity contribution in [2.45, 2.75) is 31.7 Å². The summed E-state index contributed by atoms with van der Waals surface area (Å²) >= 11 is 0. The van der Waals surface area contributed by atoms with Gasteiger partial charge in [0.1, 0.15) is 6.61 Å². The maximum atomic E-state index is 12.4. The van der Waals surface area contributed by atoms with Crippen molar-refractivity contribution in [3.8, 4) is 11.1 Å². The molecule has 4 rings (SSSR count). The van der Waals surface area contributed by atoms with Gasteiger partial charge in [0.25, 0.3) is 0 Å². The third-order valence-corrected chi connectivity index (χ3v) is 6.48. The summed E-state index contributed by atoms with van der Waals surface area (Å²) in [6.07, 6.45) is 3.37. The third-order valence-electron chi connectivity index (χ3n) is 6.48. The fourth-order valence-corrected chi connectivity index (χ4v) is 4.77. The van der Waals surface area contributed by atoms with Crippen LogP contribution in [0.3, 0.4) is 0 Å². The molecular weight excluding hydrogens is 420 g/mol. The minimum Gasteiger partial charge on any atom is -0.481 e. The number of alkyl carbamates (subject to hydrolysis) is 1. The second kappa shape index (κ2) is 9.90. The van der Waals surface area contributed by atoms with Gasteiger partial charge >= 0.3 is 12.1 Å². The maximum absolute atomic E-state index is 12.4. The minimum absolute atomic E-state index is 0.00418. The zero-order valence-corrected chi connectivity index (χ0v) is 18.6. The monoisotopic (exact) mass is 448 g/mol. The number of carboxylic acids is 1. The standard InChI is InChI=1S/C26H28N2O5/c1-17-15-18(25(30)31)12-14-28(17)24(29)11-6-13-27-26(32)33-16-23-21-9-4-2-7-19(21)20-8-3-5-10-22(20)23/h2-11,17-18,23H,12-16H2,1H3,(H,27,32)(H,30,31)/b11-6+/t17-,18-/m0/s1. The molecule has 2 N–H and O–H groups in total. The highest BCUT2D eigenvalue weighted by Gasteiger charge is 2.31. The number of aliphatic carboxylic acids is 1. The van der Waals surface area contributed by atoms with Crippen molar-refractivity contribution in [1.82, 2.24) is 10.2 Å². The molecule has 1 saturated heterocycles. The van der Waals surface area contributed by atoms with E-state index in [9.17, 15) is 14.4 Å². The quantitative estimate of drug-likeness (QED) is 0.656. The van der Waals surface area contributed by atoms with Crippen LogP contribution in [0.2, 0.25) is 0 Å². The van der Waals surface area contributed by atoms with E-state index in [2.05, 4.69) is 29.6 Å². The van der Waals surface area contributed by atoms with Crippen molar-refractivity contribution in [2.24, 2.45) is 5.92 Å². The van der Waals surface area contributed by atoms with Crippen LogP contribution in [0, 0.1) is 5.92 Å². The summed E-state index contributed by atoms with van der Waals surface area (Å²) in [5, 5.41) is 11.8. The van der Waals surface area contributed by atoms with Crippen molar-refractivity contribution in [1.29, 1.82) is 0 Å². The van der Waals surface area contributed by atoms with Crippen LogP contribution in [0.25, 0.3) is 11.1 Å². The van der Waals surface area contributed by atoms with Crippen LogP contribution in [-0.4, -0.2) is 53.7 Å². The summed E-state index contributed by atoms with van der Waals surface area (Å²) in [5.41, 5.74) is 4.64. The second-order valence-corrected chi connectivity index (χ2v) is 8.55. The Kier molecular flexibility index (Phi) is 6.77. The number of nitrogens with zero attached hydrogens (tertiary/aromatic N) is 1. The molecule has 1 aliphatic carbocycles. The van der Waals surface area contributed by atoms with Crippen LogP contribution in [0.15, 0.2) is 60.7 Å². The number of carbonyl (C=O) groups is 3. The van der Waals surface area contributed by atoms with Crippen molar-refractivity contribution in [3.63, 3.8) is 0 Å². The first-order valence-electron chi connectivity index (χ1n) is 11.2. The van der Waals surface area contributed by atoms with E-state index in [1.165, 1.54) is 17.2 Å². The lowest BCUT2D eigenvalue weighted by atomic mass is 9.91. The zero-order chi connectivity index (χ0) is 23.4. The average molecular weight is 449 g/mol. The minimum atomic E-state index is -0.809. The van der Waals surface area contributed by atoms with Crippen molar-refractivity contribution in [2.75, 3.05) is 19.7 Å². The lowest BCUT2D eigenvalue weighted by Gasteiger charge is -2.35. The summed E-state index contributed by atoms with van der Waals surface area (Å²) in [4.78, 5) is 37.4. The van der Waals surface area contributed by atoms with Crippen LogP contribution in [0.4, 0.5) is 4.79 Å². The highest BCUT2D eigenvalue weighted by Crippen LogP contribution is 2.44. The Morgan fingerprint density at radius 3 is 2.33 bits per heavy atom. The molecule has 0 saturated carbocycles. The normalized spacial score (nSPS) is 19.7. The second-order valence-electron chi connectivity index (χ2n) is 8.55. The number of hydrogen-bond donors (Lipinski definition) is 2. The number of fused-ring (bicyclic) bond motifs is 3. The van der Waals surface area contributed by atoms with E-state index >= 15 is 0 Å². The Bertz CT molecular complexity index is 1030. The SMILES string of the molecule is C[C@H]1C[C@@H](C(=O)O)CCN1C(=O)/C=C/CNC(=O)OCC1c2ccccc2-c2ccccc21. The first kappa shape index (κ1) is 22.6. The van der Waals surface area contributed by atoms with Gasteiger partial charge in [-0.15, -0.1) is 0 Å². The van der Waals surface area contributed by atoms with E-state index in [1.807, 2.05) is 31.2 Å². The van der Waals surface area contributed by atoms with Crippen molar-refractivity contribution >= 4 is 18.0 Å². The molecule has 1 aliphatic heterocycles. The summed E-state index contributed by atoms with van der Waals surface area (Å²) in [7, 11) is 0. The summed E-state index contributed by atoms with van der Waals surface area (Å²) in [6, 6.07) is 16.2. The van der Waals surface area contributed by atoms with E-state index < -0.39 is 18.0 Å². The van der Waals surface area contributed by atoms with Gasteiger partial charge in [-0.2, -0.15) is 0 Å². The molecule has 1 fully saturated rings. The highest BCUT2D eigenvalue weighted by molar-refractivity contribution is 5.88. The van der Waals surface area contributed by atoms with Crippen LogP contribution in [0.5, 0.6) is 0 Å². The molecule has 2 aromatic rings. The number of nitrogens with one attached hydrogen (secondary N) is 1. The average Bonchev–Trinajstić information content (AvgIpc) is 3.14. The van der Waals surface area contributed by atoms with E-state index in [1.54, 1.807) is 11.0 Å². The fourth-order valence-electron chi connectivity index (χ4n) is 4.77. The number of carbonyl (C=O) groups excluding carboxylic acids is 2. The van der Waals surface area contributed by atoms with E-state index in [4.69, 9.17) is 9.84 Å². The molecule has 2 atom stereocenters. The number of rotatable bonds is 6. The van der Waals surface area contributed by atoms with Gasteiger partial charge in [0.15, 0.2) is 0 Å². The van der Waals surface area contributed by atoms with E-state index in [0.29, 0.717) is 19.4 Å². The third kappa shape index (κ3) is 4.92. The lowest BCUT2D eigenvalue weighted by molar-refractivity contribution is -0.146. The van der Waals surface area contributed by atoms with Crippen molar-refractivity contribution < 1.29 is 24.2 Å². The molecular formula is C26H28N2O5. The molecule has 0 bridgehead atoms. The molecule has 0 radical (unpaired) electrons. The number of piperidine rings is 1. The first-order valence-corrected chi connectivity index (χ1v) is 11.2. The van der Waals surface area contributed by atoms with Gasteiger partial charge in [-0.3, -0.25) is 9.59 Å². The van der Waals surface area contributed by atoms with Gasteiger partial charge in [0, 0.05) is 31.1 Å². The van der Waals surface area contributed by atoms with Crippen molar-refractivity contribution in [3.05, 3.63) is 71.8 Å². The van der Waals surface area contributed by atoms with Gasteiger partial charge < -0.3 is 20.1 Å². The first-order chi connectivity index (χ1) is 16.0. The molecule has 0 aromatic heterocycles. The Morgan fingerprint density at radius 1 is 1.09 bits per heavy atom. The molecule has 1 heterocycles. The number of amides is 2. The molecule has 7 heteroatoms. The van der Waals surface area contributed by atoms with Crippen LogP contribution in [0.1, 0.15) is 36.8 Å². The Labute approximate surface area is 193 Å². The van der Waals surface area contributed by atoms with Gasteiger partial charge in [-0.1, -0.05) is 54.6 Å². The van der Waals surface area contributed by atoms with Gasteiger partial charge in [0.2, 0.25) is 5.91 Å². The fraction of sp³-hybridized carbons (Fsp3) is 0.346. The molecule has 33 heavy (non-hydrogen) atoms. The number of hydrogen-bond acceptors (Lipinski definition) is 4. The van der Waals surface area contributed by atoms with Gasteiger partial charge in [0.05, 0.1) is 5.92 Å². The molecule has 2 aliphatic rings. The highest BCUT2D eigenvalue weighted by atomic mass is 16.5. The van der Waals surface area contributed by atoms with E-state index in [0.717, 1.165) is 11.1 Å². The maximum Gasteiger partial charge on any atom is 0.407 e. The number of carboxylic acid groups (broad SMARTS) is 1. The van der Waals surface area contributed by atoms with Crippen LogP contribution < -0.4 is 5.32 Å². The molecule has 2 amide bonds. The topological polar surface area (TPSA) is 95.9 Å². The summed E-state index contributed by atoms with van der Waals surface area (Å²) in [5.74, 6) is -1.39. The Hall–Kier alpha value is -3.61. The summed E-state index contributed by atoms with van der Waals surface area (Å²) < 4.78 is 5.48. The summed E-state index contributed by atoms with van der Waals surface area (Å²) in [6.45, 7) is 2.68. The number of likely N-dealkylation sites (tertiary alicyclic amines) is 1. The van der Waals surface area contributed by atoms with Gasteiger partial charge in [-0.25, -0.2) is 4.79 Å². The Morgan fingerprint density at radius 2 is 1.73 bits per heavy atom. The van der Waals surface area contributed by atoms with E-state index in [-0.39, 0.29) is 31.0 Å². The predicted molar refractivity (Wildman–Crippen MR) is 124 cm³/mol. The molecule has 0 spiro atoms. The van der Waals surface area contributed by atoms with Crippen LogP contribution >= 0.6 is 0 Å². The van der Waals surface area contributed by atoms with Crippen LogP contribution in [-0.2, 0) is 14.3 Å².